The minimum Gasteiger partial charge on any atom is -0.343 e. The first-order valence-electron chi connectivity index (χ1n) is 10.3. The normalized spacial score (nSPS) is 19.8. The third-order valence-electron chi connectivity index (χ3n) is 6.19. The van der Waals surface area contributed by atoms with Gasteiger partial charge in [0, 0.05) is 32.1 Å². The van der Waals surface area contributed by atoms with Crippen LogP contribution in [0.15, 0.2) is 0 Å². The van der Waals surface area contributed by atoms with Crippen LogP contribution in [0.3, 0.4) is 0 Å². The quantitative estimate of drug-likeness (QED) is 0.705. The monoisotopic (exact) mass is 402 g/mol. The van der Waals surface area contributed by atoms with Crippen LogP contribution < -0.4 is 5.32 Å². The third-order valence-corrected chi connectivity index (χ3v) is 6.19. The molecule has 2 saturated heterocycles. The number of likely N-dealkylation sites (tertiary alicyclic amines) is 2. The first-order chi connectivity index (χ1) is 12.4. The summed E-state index contributed by atoms with van der Waals surface area (Å²) < 4.78 is 0. The lowest BCUT2D eigenvalue weighted by Crippen LogP contribution is -2.48. The van der Waals surface area contributed by atoms with E-state index >= 15 is 0 Å². The second kappa shape index (κ2) is 11.9. The molecule has 0 bridgehead atoms. The van der Waals surface area contributed by atoms with Gasteiger partial charge in [0.1, 0.15) is 0 Å². The number of hydrogen-bond acceptors (Lipinski definition) is 4. The number of nitrogens with zero attached hydrogens (tertiary/aromatic N) is 3. The van der Waals surface area contributed by atoms with Crippen LogP contribution in [0.2, 0.25) is 0 Å². The maximum absolute atomic E-state index is 12.6. The molecule has 7 heteroatoms. The van der Waals surface area contributed by atoms with Gasteiger partial charge in [-0.3, -0.25) is 14.5 Å². The fourth-order valence-electron chi connectivity index (χ4n) is 3.99. The van der Waals surface area contributed by atoms with Gasteiger partial charge in [-0.25, -0.2) is 0 Å². The van der Waals surface area contributed by atoms with Crippen molar-refractivity contribution >= 4 is 24.2 Å². The highest BCUT2D eigenvalue weighted by Crippen LogP contribution is 2.22. The van der Waals surface area contributed by atoms with Crippen molar-refractivity contribution in [3.8, 4) is 0 Å². The summed E-state index contributed by atoms with van der Waals surface area (Å²) in [5, 5.41) is 3.22. The molecular weight excluding hydrogens is 364 g/mol. The topological polar surface area (TPSA) is 55.9 Å². The van der Waals surface area contributed by atoms with E-state index in [2.05, 4.69) is 10.2 Å². The van der Waals surface area contributed by atoms with E-state index in [1.807, 2.05) is 37.7 Å². The molecule has 158 valence electrons. The molecular formula is C20H39ClN4O2. The lowest BCUT2D eigenvalue weighted by Gasteiger charge is -2.36. The van der Waals surface area contributed by atoms with E-state index in [0.29, 0.717) is 6.54 Å². The summed E-state index contributed by atoms with van der Waals surface area (Å²) in [6.45, 7) is 9.23. The summed E-state index contributed by atoms with van der Waals surface area (Å²) in [6.07, 6.45) is 5.24. The summed E-state index contributed by atoms with van der Waals surface area (Å²) in [5.74, 6) is 1.35. The average Bonchev–Trinajstić information content (AvgIpc) is 2.66. The van der Waals surface area contributed by atoms with Crippen LogP contribution in [0.1, 0.15) is 46.0 Å². The van der Waals surface area contributed by atoms with Gasteiger partial charge in [-0.1, -0.05) is 0 Å². The molecule has 0 aromatic carbocycles. The van der Waals surface area contributed by atoms with E-state index in [-0.39, 0.29) is 36.2 Å². The van der Waals surface area contributed by atoms with Crippen LogP contribution in [0.25, 0.3) is 0 Å². The Morgan fingerprint density at radius 3 is 2.19 bits per heavy atom. The second-order valence-corrected chi connectivity index (χ2v) is 8.31. The zero-order chi connectivity index (χ0) is 19.1. The van der Waals surface area contributed by atoms with Gasteiger partial charge in [-0.2, -0.15) is 0 Å². The highest BCUT2D eigenvalue weighted by molar-refractivity contribution is 5.85. The fourth-order valence-corrected chi connectivity index (χ4v) is 3.99. The Kier molecular flexibility index (Phi) is 10.6. The Morgan fingerprint density at radius 2 is 1.67 bits per heavy atom. The molecule has 0 radical (unpaired) electrons. The third kappa shape index (κ3) is 7.24. The number of piperidine rings is 2. The number of carbonyl (C=O) groups is 2. The zero-order valence-electron chi connectivity index (χ0n) is 17.6. The molecule has 0 aromatic rings. The summed E-state index contributed by atoms with van der Waals surface area (Å²) in [4.78, 5) is 31.2. The average molecular weight is 403 g/mol. The molecule has 2 heterocycles. The van der Waals surface area contributed by atoms with Crippen LogP contribution in [-0.2, 0) is 9.59 Å². The molecule has 0 unspecified atom stereocenters. The van der Waals surface area contributed by atoms with Crippen molar-refractivity contribution in [3.05, 3.63) is 0 Å². The molecule has 0 spiro atoms. The van der Waals surface area contributed by atoms with Crippen molar-refractivity contribution in [1.82, 2.24) is 20.0 Å². The number of hydrogen-bond donors (Lipinski definition) is 1. The van der Waals surface area contributed by atoms with Gasteiger partial charge in [0.2, 0.25) is 11.8 Å². The number of nitrogens with one attached hydrogen (secondary N) is 1. The molecule has 2 amide bonds. The fraction of sp³-hybridized carbons (Fsp3) is 0.900. The van der Waals surface area contributed by atoms with Crippen LogP contribution in [0.5, 0.6) is 0 Å². The van der Waals surface area contributed by atoms with Crippen molar-refractivity contribution in [2.75, 3.05) is 53.4 Å². The molecule has 0 saturated carbocycles. The number of carbonyl (C=O) groups excluding carboxylic acids is 2. The maximum atomic E-state index is 12.6. The van der Waals surface area contributed by atoms with Crippen LogP contribution in [0.4, 0.5) is 0 Å². The Morgan fingerprint density at radius 1 is 1.07 bits per heavy atom. The molecule has 1 N–H and O–H groups in total. The van der Waals surface area contributed by atoms with Crippen molar-refractivity contribution in [1.29, 1.82) is 0 Å². The number of amides is 2. The van der Waals surface area contributed by atoms with Crippen molar-refractivity contribution in [2.24, 2.45) is 11.8 Å². The second-order valence-electron chi connectivity index (χ2n) is 8.31. The molecule has 2 aliphatic heterocycles. The maximum Gasteiger partial charge on any atom is 0.236 e. The van der Waals surface area contributed by atoms with Gasteiger partial charge in [0.05, 0.1) is 6.54 Å². The molecule has 2 rings (SSSR count). The Balaban J connectivity index is 0.00000364. The molecule has 0 aromatic heterocycles. The van der Waals surface area contributed by atoms with E-state index in [9.17, 15) is 9.59 Å². The number of halogens is 1. The molecule has 6 nitrogen and oxygen atoms in total. The first kappa shape index (κ1) is 24.2. The van der Waals surface area contributed by atoms with E-state index in [1.54, 1.807) is 0 Å². The predicted octanol–water partition coefficient (Wildman–Crippen LogP) is 1.84. The van der Waals surface area contributed by atoms with Gasteiger partial charge >= 0.3 is 0 Å². The predicted molar refractivity (Wildman–Crippen MR) is 112 cm³/mol. The van der Waals surface area contributed by atoms with E-state index in [4.69, 9.17) is 0 Å². The van der Waals surface area contributed by atoms with Crippen molar-refractivity contribution in [3.63, 3.8) is 0 Å². The molecule has 2 aliphatic rings. The Hall–Kier alpha value is -0.850. The standard InChI is InChI=1S/C20H38N4O2.ClH/c1-16(2)22(4)20(26)18-8-13-24(14-9-18)19(25)15-23-11-6-17(7-12-23)5-10-21-3;/h16-18,21H,5-15H2,1-4H3;1H. The first-order valence-corrected chi connectivity index (χ1v) is 10.3. The van der Waals surface area contributed by atoms with E-state index < -0.39 is 0 Å². The van der Waals surface area contributed by atoms with E-state index in [0.717, 1.165) is 51.5 Å². The molecule has 0 aliphatic carbocycles. The van der Waals surface area contributed by atoms with Crippen molar-refractivity contribution in [2.45, 2.75) is 52.0 Å². The van der Waals surface area contributed by atoms with E-state index in [1.165, 1.54) is 19.3 Å². The van der Waals surface area contributed by atoms with Crippen LogP contribution in [0, 0.1) is 11.8 Å². The summed E-state index contributed by atoms with van der Waals surface area (Å²) in [5.41, 5.74) is 0. The minimum atomic E-state index is 0. The van der Waals surface area contributed by atoms with Gasteiger partial charge < -0.3 is 15.1 Å². The smallest absolute Gasteiger partial charge is 0.236 e. The van der Waals surface area contributed by atoms with Gasteiger partial charge in [-0.15, -0.1) is 12.4 Å². The Bertz CT molecular complexity index is 459. The lowest BCUT2D eigenvalue weighted by atomic mass is 9.93. The SMILES string of the molecule is CNCCC1CCN(CC(=O)N2CCC(C(=O)N(C)C(C)C)CC2)CC1.Cl. The summed E-state index contributed by atoms with van der Waals surface area (Å²) in [7, 11) is 3.89. The zero-order valence-corrected chi connectivity index (χ0v) is 18.4. The Labute approximate surface area is 171 Å². The minimum absolute atomic E-state index is 0. The largest absolute Gasteiger partial charge is 0.343 e. The van der Waals surface area contributed by atoms with Crippen molar-refractivity contribution < 1.29 is 9.59 Å². The van der Waals surface area contributed by atoms with Gasteiger partial charge in [-0.05, 0) is 78.6 Å². The highest BCUT2D eigenvalue weighted by Gasteiger charge is 2.30. The van der Waals surface area contributed by atoms with Crippen LogP contribution in [-0.4, -0.2) is 85.9 Å². The van der Waals surface area contributed by atoms with Gasteiger partial charge in [0.15, 0.2) is 0 Å². The highest BCUT2D eigenvalue weighted by atomic mass is 35.5. The summed E-state index contributed by atoms with van der Waals surface area (Å²) >= 11 is 0. The lowest BCUT2D eigenvalue weighted by molar-refractivity contribution is -0.141. The van der Waals surface area contributed by atoms with Gasteiger partial charge in [0.25, 0.3) is 0 Å². The van der Waals surface area contributed by atoms with Crippen LogP contribution >= 0.6 is 12.4 Å². The molecule has 27 heavy (non-hydrogen) atoms. The molecule has 0 atom stereocenters. The summed E-state index contributed by atoms with van der Waals surface area (Å²) in [6, 6.07) is 0.234. The molecule has 2 fully saturated rings. The number of rotatable bonds is 7.